The van der Waals surface area contributed by atoms with Crippen LogP contribution in [0.1, 0.15) is 38.7 Å². The number of thiophene rings is 1. The zero-order chi connectivity index (χ0) is 15.6. The van der Waals surface area contributed by atoms with E-state index in [9.17, 15) is 0 Å². The highest BCUT2D eigenvalue weighted by Gasteiger charge is 2.17. The maximum absolute atomic E-state index is 4.66. The molecule has 1 aliphatic rings. The van der Waals surface area contributed by atoms with E-state index >= 15 is 0 Å². The number of piperidine rings is 1. The van der Waals surface area contributed by atoms with Gasteiger partial charge in [-0.15, -0.1) is 0 Å². The smallest absolute Gasteiger partial charge is 0.191 e. The summed E-state index contributed by atoms with van der Waals surface area (Å²) in [6.07, 6.45) is 3.94. The van der Waals surface area contributed by atoms with E-state index in [1.54, 1.807) is 11.3 Å². The minimum Gasteiger partial charge on any atom is -0.357 e. The summed E-state index contributed by atoms with van der Waals surface area (Å²) >= 11 is 1.73. The van der Waals surface area contributed by atoms with Crippen LogP contribution in [0.15, 0.2) is 21.8 Å². The van der Waals surface area contributed by atoms with Gasteiger partial charge in [0.2, 0.25) is 0 Å². The molecule has 0 spiro atoms. The Morgan fingerprint density at radius 3 is 2.77 bits per heavy atom. The fourth-order valence-electron chi connectivity index (χ4n) is 2.88. The molecule has 0 radical (unpaired) electrons. The van der Waals surface area contributed by atoms with E-state index in [1.165, 1.54) is 44.5 Å². The van der Waals surface area contributed by atoms with Crippen LogP contribution in [-0.2, 0) is 6.54 Å². The van der Waals surface area contributed by atoms with Crippen molar-refractivity contribution in [3.63, 3.8) is 0 Å². The lowest BCUT2D eigenvalue weighted by Crippen LogP contribution is -2.39. The Hall–Kier alpha value is -1.07. The standard InChI is InChI=1S/C17H30N4S/c1-3-18-17(20-13-16-8-12-22-14-16)19-9-5-15-6-10-21(4-2)11-7-15/h8,12,14-15H,3-7,9-11,13H2,1-2H3,(H2,18,19,20). The quantitative estimate of drug-likeness (QED) is 0.599. The van der Waals surface area contributed by atoms with E-state index in [-0.39, 0.29) is 0 Å². The molecule has 0 unspecified atom stereocenters. The lowest BCUT2D eigenvalue weighted by molar-refractivity contribution is 0.187. The molecule has 2 N–H and O–H groups in total. The number of nitrogens with zero attached hydrogens (tertiary/aromatic N) is 2. The molecular formula is C17H30N4S. The van der Waals surface area contributed by atoms with Crippen molar-refractivity contribution < 1.29 is 0 Å². The molecule has 22 heavy (non-hydrogen) atoms. The van der Waals surface area contributed by atoms with Crippen LogP contribution in [0.4, 0.5) is 0 Å². The topological polar surface area (TPSA) is 39.7 Å². The lowest BCUT2D eigenvalue weighted by atomic mass is 9.93. The molecule has 4 nitrogen and oxygen atoms in total. The van der Waals surface area contributed by atoms with E-state index in [4.69, 9.17) is 0 Å². The number of likely N-dealkylation sites (tertiary alicyclic amines) is 1. The van der Waals surface area contributed by atoms with Crippen molar-refractivity contribution in [1.82, 2.24) is 15.5 Å². The van der Waals surface area contributed by atoms with Crippen LogP contribution in [0.5, 0.6) is 0 Å². The van der Waals surface area contributed by atoms with Crippen LogP contribution in [0.3, 0.4) is 0 Å². The zero-order valence-electron chi connectivity index (χ0n) is 14.0. The molecule has 2 rings (SSSR count). The highest BCUT2D eigenvalue weighted by Crippen LogP contribution is 2.19. The largest absolute Gasteiger partial charge is 0.357 e. The molecule has 1 aromatic heterocycles. The molecular weight excluding hydrogens is 292 g/mol. The molecule has 0 saturated carbocycles. The van der Waals surface area contributed by atoms with Gasteiger partial charge in [0.1, 0.15) is 0 Å². The van der Waals surface area contributed by atoms with E-state index in [1.807, 2.05) is 0 Å². The zero-order valence-corrected chi connectivity index (χ0v) is 14.8. The second kappa shape index (κ2) is 9.85. The molecule has 0 aromatic carbocycles. The van der Waals surface area contributed by atoms with Gasteiger partial charge in [-0.05, 0) is 74.1 Å². The van der Waals surface area contributed by atoms with Crippen molar-refractivity contribution in [2.24, 2.45) is 10.9 Å². The SMILES string of the molecule is CCNC(=NCc1ccsc1)NCCC1CCN(CC)CC1. The molecule has 5 heteroatoms. The van der Waals surface area contributed by atoms with E-state index in [0.29, 0.717) is 0 Å². The minimum atomic E-state index is 0.758. The molecule has 1 saturated heterocycles. The molecule has 0 amide bonds. The summed E-state index contributed by atoms with van der Waals surface area (Å²) in [6.45, 7) is 10.8. The second-order valence-electron chi connectivity index (χ2n) is 5.92. The van der Waals surface area contributed by atoms with Gasteiger partial charge in [0.15, 0.2) is 5.96 Å². The maximum Gasteiger partial charge on any atom is 0.191 e. The number of aliphatic imine (C=N–C) groups is 1. The first-order chi connectivity index (χ1) is 10.8. The summed E-state index contributed by atoms with van der Waals surface area (Å²) in [7, 11) is 0. The average Bonchev–Trinajstić information content (AvgIpc) is 3.06. The molecule has 124 valence electrons. The minimum absolute atomic E-state index is 0.758. The molecule has 0 aliphatic carbocycles. The van der Waals surface area contributed by atoms with Gasteiger partial charge in [0, 0.05) is 13.1 Å². The normalized spacial score (nSPS) is 17.6. The summed E-state index contributed by atoms with van der Waals surface area (Å²) in [5.41, 5.74) is 1.29. The predicted molar refractivity (Wildman–Crippen MR) is 96.6 cm³/mol. The van der Waals surface area contributed by atoms with Crippen LogP contribution in [0.25, 0.3) is 0 Å². The van der Waals surface area contributed by atoms with Crippen LogP contribution in [-0.4, -0.2) is 43.6 Å². The van der Waals surface area contributed by atoms with Gasteiger partial charge in [0.05, 0.1) is 6.54 Å². The van der Waals surface area contributed by atoms with Crippen molar-refractivity contribution in [2.75, 3.05) is 32.7 Å². The van der Waals surface area contributed by atoms with Gasteiger partial charge in [-0.2, -0.15) is 11.3 Å². The summed E-state index contributed by atoms with van der Waals surface area (Å²) in [5, 5.41) is 11.1. The van der Waals surface area contributed by atoms with Crippen LogP contribution < -0.4 is 10.6 Å². The second-order valence-corrected chi connectivity index (χ2v) is 6.70. The first kappa shape index (κ1) is 17.3. The molecule has 0 bridgehead atoms. The van der Waals surface area contributed by atoms with Crippen molar-refractivity contribution in [2.45, 2.75) is 39.7 Å². The highest BCUT2D eigenvalue weighted by molar-refractivity contribution is 7.07. The Kier molecular flexibility index (Phi) is 7.74. The number of guanidine groups is 1. The predicted octanol–water partition coefficient (Wildman–Crippen LogP) is 2.93. The monoisotopic (exact) mass is 322 g/mol. The summed E-state index contributed by atoms with van der Waals surface area (Å²) in [5.74, 6) is 1.81. The van der Waals surface area contributed by atoms with Gasteiger partial charge in [0.25, 0.3) is 0 Å². The van der Waals surface area contributed by atoms with Gasteiger partial charge in [-0.3, -0.25) is 0 Å². The van der Waals surface area contributed by atoms with E-state index in [2.05, 4.69) is 51.2 Å². The van der Waals surface area contributed by atoms with Gasteiger partial charge < -0.3 is 15.5 Å². The first-order valence-corrected chi connectivity index (χ1v) is 9.51. The van der Waals surface area contributed by atoms with Crippen LogP contribution in [0.2, 0.25) is 0 Å². The van der Waals surface area contributed by atoms with Crippen molar-refractivity contribution in [3.05, 3.63) is 22.4 Å². The Labute approximate surface area is 139 Å². The highest BCUT2D eigenvalue weighted by atomic mass is 32.1. The summed E-state index contributed by atoms with van der Waals surface area (Å²) in [6, 6.07) is 2.14. The maximum atomic E-state index is 4.66. The number of nitrogens with one attached hydrogen (secondary N) is 2. The van der Waals surface area contributed by atoms with Crippen LogP contribution in [0, 0.1) is 5.92 Å². The third-order valence-electron chi connectivity index (χ3n) is 4.34. The van der Waals surface area contributed by atoms with E-state index in [0.717, 1.165) is 31.5 Å². The number of hydrogen-bond donors (Lipinski definition) is 2. The third-order valence-corrected chi connectivity index (χ3v) is 5.08. The number of rotatable bonds is 7. The van der Waals surface area contributed by atoms with Gasteiger partial charge >= 0.3 is 0 Å². The first-order valence-electron chi connectivity index (χ1n) is 8.57. The lowest BCUT2D eigenvalue weighted by Gasteiger charge is -2.31. The van der Waals surface area contributed by atoms with Gasteiger partial charge in [-0.25, -0.2) is 4.99 Å². The molecule has 1 aliphatic heterocycles. The van der Waals surface area contributed by atoms with Crippen molar-refractivity contribution in [1.29, 1.82) is 0 Å². The molecule has 1 aromatic rings. The summed E-state index contributed by atoms with van der Waals surface area (Å²) < 4.78 is 0. The average molecular weight is 323 g/mol. The van der Waals surface area contributed by atoms with Crippen LogP contribution >= 0.6 is 11.3 Å². The fraction of sp³-hybridized carbons (Fsp3) is 0.706. The van der Waals surface area contributed by atoms with Gasteiger partial charge in [-0.1, -0.05) is 6.92 Å². The Bertz CT molecular complexity index is 422. The van der Waals surface area contributed by atoms with E-state index < -0.39 is 0 Å². The third kappa shape index (κ3) is 5.97. The summed E-state index contributed by atoms with van der Waals surface area (Å²) in [4.78, 5) is 7.21. The molecule has 2 heterocycles. The van der Waals surface area contributed by atoms with Crippen molar-refractivity contribution in [3.8, 4) is 0 Å². The number of hydrogen-bond acceptors (Lipinski definition) is 3. The van der Waals surface area contributed by atoms with Crippen molar-refractivity contribution >= 4 is 17.3 Å². The Morgan fingerprint density at radius 1 is 1.32 bits per heavy atom. The molecule has 1 fully saturated rings. The molecule has 0 atom stereocenters. The Balaban J connectivity index is 1.69. The fourth-order valence-corrected chi connectivity index (χ4v) is 3.54. The Morgan fingerprint density at radius 2 is 2.14 bits per heavy atom.